The van der Waals surface area contributed by atoms with E-state index < -0.39 is 0 Å². The van der Waals surface area contributed by atoms with Crippen LogP contribution in [0.2, 0.25) is 0 Å². The SMILES string of the molecule is CCCCCCCCCNC(C)CNCCOC. The molecule has 0 aliphatic carbocycles. The van der Waals surface area contributed by atoms with Gasteiger partial charge in [0.2, 0.25) is 0 Å². The van der Waals surface area contributed by atoms with Crippen molar-refractivity contribution < 1.29 is 4.74 Å². The number of unbranched alkanes of at least 4 members (excludes halogenated alkanes) is 6. The minimum Gasteiger partial charge on any atom is -0.383 e. The van der Waals surface area contributed by atoms with E-state index in [1.54, 1.807) is 7.11 Å². The average Bonchev–Trinajstić information content (AvgIpc) is 2.38. The summed E-state index contributed by atoms with van der Waals surface area (Å²) in [4.78, 5) is 0. The summed E-state index contributed by atoms with van der Waals surface area (Å²) in [5.74, 6) is 0. The highest BCUT2D eigenvalue weighted by Gasteiger charge is 1.99. The van der Waals surface area contributed by atoms with E-state index >= 15 is 0 Å². The van der Waals surface area contributed by atoms with Gasteiger partial charge in [0, 0.05) is 26.2 Å². The predicted octanol–water partition coefficient (Wildman–Crippen LogP) is 2.95. The fourth-order valence-corrected chi connectivity index (χ4v) is 2.00. The highest BCUT2D eigenvalue weighted by atomic mass is 16.5. The van der Waals surface area contributed by atoms with Gasteiger partial charge in [-0.05, 0) is 19.9 Å². The Bertz CT molecular complexity index is 153. The predicted molar refractivity (Wildman–Crippen MR) is 80.2 cm³/mol. The van der Waals surface area contributed by atoms with Crippen molar-refractivity contribution in [3.63, 3.8) is 0 Å². The van der Waals surface area contributed by atoms with Gasteiger partial charge in [-0.15, -0.1) is 0 Å². The van der Waals surface area contributed by atoms with Crippen molar-refractivity contribution in [3.05, 3.63) is 0 Å². The van der Waals surface area contributed by atoms with Gasteiger partial charge in [0.15, 0.2) is 0 Å². The zero-order chi connectivity index (χ0) is 13.5. The van der Waals surface area contributed by atoms with Crippen LogP contribution in [0.25, 0.3) is 0 Å². The smallest absolute Gasteiger partial charge is 0.0587 e. The van der Waals surface area contributed by atoms with E-state index in [9.17, 15) is 0 Å². The van der Waals surface area contributed by atoms with E-state index in [2.05, 4.69) is 24.5 Å². The van der Waals surface area contributed by atoms with Gasteiger partial charge in [0.25, 0.3) is 0 Å². The van der Waals surface area contributed by atoms with Gasteiger partial charge in [-0.25, -0.2) is 0 Å². The standard InChI is InChI=1S/C15H34N2O/c1-4-5-6-7-8-9-10-11-17-15(2)14-16-12-13-18-3/h15-17H,4-14H2,1-3H3. The molecule has 0 aromatic carbocycles. The third kappa shape index (κ3) is 13.9. The van der Waals surface area contributed by atoms with E-state index in [-0.39, 0.29) is 0 Å². The molecule has 0 saturated heterocycles. The van der Waals surface area contributed by atoms with Crippen molar-refractivity contribution in [2.75, 3.05) is 33.4 Å². The molecule has 0 aromatic rings. The lowest BCUT2D eigenvalue weighted by molar-refractivity contribution is 0.198. The monoisotopic (exact) mass is 258 g/mol. The molecule has 1 unspecified atom stereocenters. The van der Waals surface area contributed by atoms with Crippen LogP contribution in [0, 0.1) is 0 Å². The van der Waals surface area contributed by atoms with Crippen molar-refractivity contribution in [3.8, 4) is 0 Å². The van der Waals surface area contributed by atoms with E-state index in [1.807, 2.05) is 0 Å². The highest BCUT2D eigenvalue weighted by molar-refractivity contribution is 4.63. The number of nitrogens with one attached hydrogen (secondary N) is 2. The number of hydrogen-bond donors (Lipinski definition) is 2. The van der Waals surface area contributed by atoms with Crippen LogP contribution in [-0.2, 0) is 4.74 Å². The van der Waals surface area contributed by atoms with Crippen molar-refractivity contribution >= 4 is 0 Å². The van der Waals surface area contributed by atoms with Crippen molar-refractivity contribution in [2.45, 2.75) is 64.8 Å². The van der Waals surface area contributed by atoms with Crippen molar-refractivity contribution in [1.82, 2.24) is 10.6 Å². The molecule has 0 aromatic heterocycles. The molecule has 18 heavy (non-hydrogen) atoms. The molecule has 1 atom stereocenters. The van der Waals surface area contributed by atoms with E-state index in [1.165, 1.54) is 44.9 Å². The highest BCUT2D eigenvalue weighted by Crippen LogP contribution is 2.06. The normalized spacial score (nSPS) is 12.8. The minimum atomic E-state index is 0.557. The first kappa shape index (κ1) is 17.9. The number of methoxy groups -OCH3 is 1. The summed E-state index contributed by atoms with van der Waals surface area (Å²) < 4.78 is 4.99. The molecule has 0 heterocycles. The summed E-state index contributed by atoms with van der Waals surface area (Å²) >= 11 is 0. The first-order valence-corrected chi connectivity index (χ1v) is 7.74. The Morgan fingerprint density at radius 2 is 1.61 bits per heavy atom. The Hall–Kier alpha value is -0.120. The summed E-state index contributed by atoms with van der Waals surface area (Å²) in [7, 11) is 1.74. The van der Waals surface area contributed by atoms with E-state index in [0.29, 0.717) is 6.04 Å². The number of ether oxygens (including phenoxy) is 1. The minimum absolute atomic E-state index is 0.557. The second kappa shape index (κ2) is 14.9. The van der Waals surface area contributed by atoms with Crippen molar-refractivity contribution in [1.29, 1.82) is 0 Å². The molecule has 0 aliphatic rings. The first-order chi connectivity index (χ1) is 8.81. The third-order valence-electron chi connectivity index (χ3n) is 3.21. The third-order valence-corrected chi connectivity index (χ3v) is 3.21. The molecular formula is C15H34N2O. The molecule has 0 spiro atoms. The van der Waals surface area contributed by atoms with Crippen LogP contribution in [0.1, 0.15) is 58.8 Å². The molecular weight excluding hydrogens is 224 g/mol. The summed E-state index contributed by atoms with van der Waals surface area (Å²) in [6.07, 6.45) is 9.68. The Labute approximate surface area is 114 Å². The van der Waals surface area contributed by atoms with Crippen LogP contribution in [0.15, 0.2) is 0 Å². The Morgan fingerprint density at radius 3 is 2.28 bits per heavy atom. The van der Waals surface area contributed by atoms with Gasteiger partial charge < -0.3 is 15.4 Å². The summed E-state index contributed by atoms with van der Waals surface area (Å²) in [5, 5.41) is 6.93. The molecule has 0 bridgehead atoms. The summed E-state index contributed by atoms with van der Waals surface area (Å²) in [6, 6.07) is 0.557. The zero-order valence-corrected chi connectivity index (χ0v) is 12.8. The average molecular weight is 258 g/mol. The lowest BCUT2D eigenvalue weighted by atomic mass is 10.1. The molecule has 0 aliphatic heterocycles. The largest absolute Gasteiger partial charge is 0.383 e. The van der Waals surface area contributed by atoms with Crippen LogP contribution in [0.4, 0.5) is 0 Å². The lowest BCUT2D eigenvalue weighted by Crippen LogP contribution is -2.37. The molecule has 0 saturated carbocycles. The van der Waals surface area contributed by atoms with Gasteiger partial charge in [-0.3, -0.25) is 0 Å². The second-order valence-corrected chi connectivity index (χ2v) is 5.17. The topological polar surface area (TPSA) is 33.3 Å². The molecule has 2 N–H and O–H groups in total. The quantitative estimate of drug-likeness (QED) is 0.470. The fourth-order valence-electron chi connectivity index (χ4n) is 2.00. The summed E-state index contributed by atoms with van der Waals surface area (Å²) in [6.45, 7) is 8.43. The molecule has 3 nitrogen and oxygen atoms in total. The number of rotatable bonds is 14. The Kier molecular flexibility index (Phi) is 14.8. The van der Waals surface area contributed by atoms with E-state index in [4.69, 9.17) is 4.74 Å². The van der Waals surface area contributed by atoms with Gasteiger partial charge in [0.1, 0.15) is 0 Å². The number of hydrogen-bond acceptors (Lipinski definition) is 3. The zero-order valence-electron chi connectivity index (χ0n) is 12.8. The second-order valence-electron chi connectivity index (χ2n) is 5.17. The molecule has 3 heteroatoms. The maximum absolute atomic E-state index is 4.99. The van der Waals surface area contributed by atoms with E-state index in [0.717, 1.165) is 26.2 Å². The van der Waals surface area contributed by atoms with Gasteiger partial charge >= 0.3 is 0 Å². The first-order valence-electron chi connectivity index (χ1n) is 7.74. The maximum Gasteiger partial charge on any atom is 0.0587 e. The van der Waals surface area contributed by atoms with Gasteiger partial charge in [-0.2, -0.15) is 0 Å². The Balaban J connectivity index is 3.08. The van der Waals surface area contributed by atoms with Crippen LogP contribution in [-0.4, -0.2) is 39.4 Å². The van der Waals surface area contributed by atoms with Gasteiger partial charge in [-0.1, -0.05) is 45.4 Å². The van der Waals surface area contributed by atoms with Crippen LogP contribution in [0.5, 0.6) is 0 Å². The molecule has 0 rings (SSSR count). The molecule has 0 radical (unpaired) electrons. The lowest BCUT2D eigenvalue weighted by Gasteiger charge is -2.14. The van der Waals surface area contributed by atoms with Crippen LogP contribution >= 0.6 is 0 Å². The van der Waals surface area contributed by atoms with Crippen LogP contribution < -0.4 is 10.6 Å². The molecule has 110 valence electrons. The van der Waals surface area contributed by atoms with Crippen LogP contribution in [0.3, 0.4) is 0 Å². The summed E-state index contributed by atoms with van der Waals surface area (Å²) in [5.41, 5.74) is 0. The maximum atomic E-state index is 4.99. The molecule has 0 amide bonds. The Morgan fingerprint density at radius 1 is 0.944 bits per heavy atom. The fraction of sp³-hybridized carbons (Fsp3) is 1.00. The van der Waals surface area contributed by atoms with Crippen molar-refractivity contribution in [2.24, 2.45) is 0 Å². The molecule has 0 fully saturated rings. The van der Waals surface area contributed by atoms with Gasteiger partial charge in [0.05, 0.1) is 6.61 Å².